The van der Waals surface area contributed by atoms with Gasteiger partial charge in [0.05, 0.1) is 11.3 Å². The van der Waals surface area contributed by atoms with Crippen LogP contribution in [0.4, 0.5) is 11.5 Å². The summed E-state index contributed by atoms with van der Waals surface area (Å²) in [4.78, 5) is 17.0. The smallest absolute Gasteiger partial charge is 0.259 e. The predicted molar refractivity (Wildman–Crippen MR) is 106 cm³/mol. The topological polar surface area (TPSA) is 71.8 Å². The van der Waals surface area contributed by atoms with Crippen molar-refractivity contribution in [1.29, 1.82) is 0 Å². The van der Waals surface area contributed by atoms with Gasteiger partial charge in [-0.3, -0.25) is 9.48 Å². The molecular formula is C19H20BrN5O. The number of anilines is 2. The molecule has 3 rings (SSSR count). The van der Waals surface area contributed by atoms with Crippen LogP contribution in [0.1, 0.15) is 28.5 Å². The molecule has 6 nitrogen and oxygen atoms in total. The number of hydrogen-bond donors (Lipinski definition) is 2. The molecule has 0 atom stereocenters. The highest BCUT2D eigenvalue weighted by Crippen LogP contribution is 2.18. The normalized spacial score (nSPS) is 10.6. The molecule has 0 saturated heterocycles. The van der Waals surface area contributed by atoms with Gasteiger partial charge in [0.25, 0.3) is 5.91 Å². The third-order valence-electron chi connectivity index (χ3n) is 3.93. The zero-order valence-electron chi connectivity index (χ0n) is 14.7. The van der Waals surface area contributed by atoms with Gasteiger partial charge in [-0.2, -0.15) is 5.10 Å². The monoisotopic (exact) mass is 413 g/mol. The number of pyridine rings is 1. The van der Waals surface area contributed by atoms with Gasteiger partial charge in [-0.15, -0.1) is 0 Å². The average Bonchev–Trinajstić information content (AvgIpc) is 3.02. The molecule has 2 heterocycles. The van der Waals surface area contributed by atoms with Gasteiger partial charge in [-0.1, -0.05) is 22.9 Å². The first-order valence-corrected chi connectivity index (χ1v) is 9.13. The highest BCUT2D eigenvalue weighted by Gasteiger charge is 2.13. The summed E-state index contributed by atoms with van der Waals surface area (Å²) in [5.74, 6) is 0.345. The molecule has 0 radical (unpaired) electrons. The Morgan fingerprint density at radius 1 is 1.23 bits per heavy atom. The molecule has 1 amide bonds. The number of hydrogen-bond acceptors (Lipinski definition) is 4. The lowest BCUT2D eigenvalue weighted by Gasteiger charge is -2.11. The summed E-state index contributed by atoms with van der Waals surface area (Å²) in [6.07, 6.45) is 4.51. The van der Waals surface area contributed by atoms with E-state index in [4.69, 9.17) is 0 Å². The second kappa shape index (κ2) is 8.14. The van der Waals surface area contributed by atoms with Crippen molar-refractivity contribution < 1.29 is 4.79 Å². The Kier molecular flexibility index (Phi) is 5.68. The average molecular weight is 414 g/mol. The number of aromatic nitrogens is 3. The molecule has 1 aromatic carbocycles. The third-order valence-corrected chi connectivity index (χ3v) is 4.46. The van der Waals surface area contributed by atoms with Gasteiger partial charge in [-0.25, -0.2) is 4.98 Å². The Morgan fingerprint density at radius 3 is 2.73 bits per heavy atom. The lowest BCUT2D eigenvalue weighted by Crippen LogP contribution is -2.15. The maximum Gasteiger partial charge on any atom is 0.259 e. The Bertz CT molecular complexity index is 905. The van der Waals surface area contributed by atoms with E-state index in [0.29, 0.717) is 17.9 Å². The van der Waals surface area contributed by atoms with E-state index < -0.39 is 0 Å². The Labute approximate surface area is 160 Å². The van der Waals surface area contributed by atoms with E-state index >= 15 is 0 Å². The highest BCUT2D eigenvalue weighted by atomic mass is 79.9. The number of benzene rings is 1. The fourth-order valence-electron chi connectivity index (χ4n) is 2.67. The standard InChI is InChI=1S/C19H20BrN5O/c1-3-17-13(12-25(2)24-17)11-22-18-16(5-4-10-21-18)19(26)23-15-8-6-14(20)7-9-15/h4-10,12H,3,11H2,1-2H3,(H,21,22)(H,23,26). The van der Waals surface area contributed by atoms with Crippen LogP contribution in [0.5, 0.6) is 0 Å². The summed E-state index contributed by atoms with van der Waals surface area (Å²) in [5, 5.41) is 10.6. The third kappa shape index (κ3) is 4.29. The SMILES string of the molecule is CCc1nn(C)cc1CNc1ncccc1C(=O)Nc1ccc(Br)cc1. The number of nitrogens with one attached hydrogen (secondary N) is 2. The quantitative estimate of drug-likeness (QED) is 0.640. The highest BCUT2D eigenvalue weighted by molar-refractivity contribution is 9.10. The van der Waals surface area contributed by atoms with E-state index in [1.54, 1.807) is 23.0 Å². The summed E-state index contributed by atoms with van der Waals surface area (Å²) < 4.78 is 2.76. The van der Waals surface area contributed by atoms with Crippen LogP contribution in [-0.2, 0) is 20.0 Å². The number of carbonyl (C=O) groups excluding carboxylic acids is 1. The van der Waals surface area contributed by atoms with Gasteiger partial charge < -0.3 is 10.6 Å². The fraction of sp³-hybridized carbons (Fsp3) is 0.211. The molecule has 134 valence electrons. The zero-order valence-corrected chi connectivity index (χ0v) is 16.2. The van der Waals surface area contributed by atoms with E-state index in [1.807, 2.05) is 37.5 Å². The number of nitrogens with zero attached hydrogens (tertiary/aromatic N) is 3. The molecule has 2 aromatic heterocycles. The number of aryl methyl sites for hydroxylation is 2. The first-order valence-electron chi connectivity index (χ1n) is 8.34. The second-order valence-electron chi connectivity index (χ2n) is 5.84. The Hall–Kier alpha value is -2.67. The second-order valence-corrected chi connectivity index (χ2v) is 6.76. The van der Waals surface area contributed by atoms with E-state index in [9.17, 15) is 4.79 Å². The number of carbonyl (C=O) groups is 1. The van der Waals surface area contributed by atoms with E-state index in [2.05, 4.69) is 43.6 Å². The number of rotatable bonds is 6. The van der Waals surface area contributed by atoms with Gasteiger partial charge in [0.1, 0.15) is 5.82 Å². The Balaban J connectivity index is 1.75. The maximum absolute atomic E-state index is 12.6. The van der Waals surface area contributed by atoms with Gasteiger partial charge in [0.2, 0.25) is 0 Å². The molecule has 0 bridgehead atoms. The van der Waals surface area contributed by atoms with Crippen LogP contribution in [0.3, 0.4) is 0 Å². The molecule has 0 spiro atoms. The van der Waals surface area contributed by atoms with Crippen LogP contribution in [0, 0.1) is 0 Å². The molecule has 7 heteroatoms. The summed E-state index contributed by atoms with van der Waals surface area (Å²) in [6, 6.07) is 11.0. The van der Waals surface area contributed by atoms with Crippen LogP contribution in [0.15, 0.2) is 53.3 Å². The fourth-order valence-corrected chi connectivity index (χ4v) is 2.93. The molecule has 2 N–H and O–H groups in total. The van der Waals surface area contributed by atoms with E-state index in [1.165, 1.54) is 0 Å². The van der Waals surface area contributed by atoms with Crippen molar-refractivity contribution in [3.63, 3.8) is 0 Å². The van der Waals surface area contributed by atoms with Gasteiger partial charge in [0.15, 0.2) is 0 Å². The largest absolute Gasteiger partial charge is 0.365 e. The maximum atomic E-state index is 12.6. The minimum absolute atomic E-state index is 0.204. The number of amides is 1. The van der Waals surface area contributed by atoms with Crippen molar-refractivity contribution in [1.82, 2.24) is 14.8 Å². The molecule has 26 heavy (non-hydrogen) atoms. The summed E-state index contributed by atoms with van der Waals surface area (Å²) in [5.41, 5.74) is 3.36. The molecule has 0 unspecified atom stereocenters. The first-order chi connectivity index (χ1) is 12.6. The number of halogens is 1. The summed E-state index contributed by atoms with van der Waals surface area (Å²) >= 11 is 3.38. The van der Waals surface area contributed by atoms with Crippen LogP contribution in [0.2, 0.25) is 0 Å². The summed E-state index contributed by atoms with van der Waals surface area (Å²) in [6.45, 7) is 2.64. The zero-order chi connectivity index (χ0) is 18.5. The Morgan fingerprint density at radius 2 is 2.00 bits per heavy atom. The van der Waals surface area contributed by atoms with E-state index in [-0.39, 0.29) is 5.91 Å². The molecule has 0 aliphatic rings. The van der Waals surface area contributed by atoms with Crippen LogP contribution < -0.4 is 10.6 Å². The molecule has 0 fully saturated rings. The summed E-state index contributed by atoms with van der Waals surface area (Å²) in [7, 11) is 1.90. The van der Waals surface area contributed by atoms with E-state index in [0.717, 1.165) is 27.8 Å². The van der Waals surface area contributed by atoms with Gasteiger partial charge >= 0.3 is 0 Å². The van der Waals surface area contributed by atoms with Gasteiger partial charge in [-0.05, 0) is 42.8 Å². The first kappa shape index (κ1) is 18.1. The molecule has 0 saturated carbocycles. The van der Waals surface area contributed by atoms with Crippen LogP contribution in [-0.4, -0.2) is 20.7 Å². The van der Waals surface area contributed by atoms with Crippen LogP contribution >= 0.6 is 15.9 Å². The van der Waals surface area contributed by atoms with Gasteiger partial charge in [0, 0.05) is 41.7 Å². The van der Waals surface area contributed by atoms with Crippen molar-refractivity contribution in [3.8, 4) is 0 Å². The van der Waals surface area contributed by atoms with Crippen molar-refractivity contribution >= 4 is 33.3 Å². The molecule has 3 aromatic rings. The lowest BCUT2D eigenvalue weighted by atomic mass is 10.2. The van der Waals surface area contributed by atoms with Crippen molar-refractivity contribution in [2.24, 2.45) is 7.05 Å². The minimum Gasteiger partial charge on any atom is -0.365 e. The minimum atomic E-state index is -0.204. The lowest BCUT2D eigenvalue weighted by molar-refractivity contribution is 0.102. The van der Waals surface area contributed by atoms with Crippen molar-refractivity contribution in [2.45, 2.75) is 19.9 Å². The van der Waals surface area contributed by atoms with Crippen molar-refractivity contribution in [2.75, 3.05) is 10.6 Å². The predicted octanol–water partition coefficient (Wildman–Crippen LogP) is 4.00. The molecule has 0 aliphatic carbocycles. The van der Waals surface area contributed by atoms with Crippen LogP contribution in [0.25, 0.3) is 0 Å². The van der Waals surface area contributed by atoms with Crippen molar-refractivity contribution in [3.05, 3.63) is 70.1 Å². The molecule has 0 aliphatic heterocycles. The molecular weight excluding hydrogens is 394 g/mol.